The van der Waals surface area contributed by atoms with Crippen LogP contribution in [0.1, 0.15) is 25.6 Å². The fraction of sp³-hybridized carbons (Fsp3) is 0.370. The maximum absolute atomic E-state index is 13.7. The zero-order valence-electron chi connectivity index (χ0n) is 25.2. The van der Waals surface area contributed by atoms with Gasteiger partial charge in [-0.05, 0) is 25.1 Å². The van der Waals surface area contributed by atoms with Crippen LogP contribution in [0.25, 0.3) is 17.2 Å². The minimum absolute atomic E-state index is 0.00556. The molecule has 3 aromatic heterocycles. The number of nitrogens with zero attached hydrogens (tertiary/aromatic N) is 6. The maximum atomic E-state index is 13.7. The van der Waals surface area contributed by atoms with Crippen molar-refractivity contribution in [2.24, 2.45) is 0 Å². The Kier molecular flexibility index (Phi) is 10.0. The smallest absolute Gasteiger partial charge is 0.429 e. The highest BCUT2D eigenvalue weighted by Crippen LogP contribution is 2.43. The Morgan fingerprint density at radius 3 is 2.08 bits per heavy atom. The van der Waals surface area contributed by atoms with Gasteiger partial charge in [0.1, 0.15) is 35.3 Å². The minimum Gasteiger partial charge on any atom is -0.494 e. The van der Waals surface area contributed by atoms with Gasteiger partial charge in [0, 0.05) is 24.2 Å². The number of rotatable bonds is 12. The predicted octanol–water partition coefficient (Wildman–Crippen LogP) is 4.44. The van der Waals surface area contributed by atoms with Gasteiger partial charge in [0.25, 0.3) is 5.60 Å². The summed E-state index contributed by atoms with van der Waals surface area (Å²) in [6.45, 7) is 0.462. The van der Waals surface area contributed by atoms with Gasteiger partial charge in [-0.25, -0.2) is 23.4 Å². The van der Waals surface area contributed by atoms with Crippen LogP contribution in [0.3, 0.4) is 0 Å². The summed E-state index contributed by atoms with van der Waals surface area (Å²) in [5.41, 5.74) is -5.50. The third kappa shape index (κ3) is 7.05. The standard InChI is InChI=1S/C27H26F7N7O6S/c1-14(22-35-12-11-19(28)37-22)15(2)48(43,44)40-24-39-38-23(41(24)21-17(45-3)8-6-9-18(21)46-4)16-7-5-10-20(36-16)47-13-25(42,26(29,30)31)27(32,33)34/h5-12,14-15,42H,13H2,1-4H3,(H,39,40)/t14-,15-/m0/s1. The number of pyridine rings is 1. The topological polar surface area (TPSA) is 163 Å². The van der Waals surface area contributed by atoms with E-state index in [4.69, 9.17) is 9.47 Å². The van der Waals surface area contributed by atoms with E-state index in [-0.39, 0.29) is 34.5 Å². The summed E-state index contributed by atoms with van der Waals surface area (Å²) in [6, 6.07) is 8.73. The highest BCUT2D eigenvalue weighted by molar-refractivity contribution is 7.93. The first-order chi connectivity index (χ1) is 22.3. The van der Waals surface area contributed by atoms with E-state index < -0.39 is 63.5 Å². The molecule has 4 aromatic rings. The molecule has 3 heterocycles. The zero-order chi connectivity index (χ0) is 35.7. The monoisotopic (exact) mass is 709 g/mol. The number of anilines is 1. The van der Waals surface area contributed by atoms with Gasteiger partial charge in [0.2, 0.25) is 27.8 Å². The molecule has 4 rings (SSSR count). The van der Waals surface area contributed by atoms with Crippen molar-refractivity contribution >= 4 is 16.0 Å². The van der Waals surface area contributed by atoms with Crippen LogP contribution in [0.15, 0.2) is 48.7 Å². The van der Waals surface area contributed by atoms with Crippen molar-refractivity contribution in [2.75, 3.05) is 25.5 Å². The first-order valence-corrected chi connectivity index (χ1v) is 15.0. The molecule has 48 heavy (non-hydrogen) atoms. The van der Waals surface area contributed by atoms with Gasteiger partial charge in [0.05, 0.1) is 19.5 Å². The largest absolute Gasteiger partial charge is 0.494 e. The molecule has 2 N–H and O–H groups in total. The van der Waals surface area contributed by atoms with Crippen molar-refractivity contribution in [1.82, 2.24) is 29.7 Å². The molecule has 260 valence electrons. The SMILES string of the molecule is COc1cccc(OC)c1-n1c(NS(=O)(=O)[C@@H](C)[C@H](C)c2nccc(F)n2)nnc1-c1cccc(OCC(O)(C(F)(F)F)C(F)(F)F)n1. The minimum atomic E-state index is -6.15. The van der Waals surface area contributed by atoms with E-state index in [1.807, 2.05) is 0 Å². The van der Waals surface area contributed by atoms with Crippen molar-refractivity contribution < 1.29 is 58.5 Å². The van der Waals surface area contributed by atoms with Crippen LogP contribution < -0.4 is 18.9 Å². The lowest BCUT2D eigenvalue weighted by atomic mass is 10.0. The summed E-state index contributed by atoms with van der Waals surface area (Å²) < 4.78 is 139. The van der Waals surface area contributed by atoms with E-state index in [2.05, 4.69) is 34.6 Å². The molecule has 0 aliphatic heterocycles. The van der Waals surface area contributed by atoms with Gasteiger partial charge >= 0.3 is 12.4 Å². The Morgan fingerprint density at radius 2 is 1.52 bits per heavy atom. The lowest BCUT2D eigenvalue weighted by molar-refractivity contribution is -0.373. The second kappa shape index (κ2) is 13.4. The van der Waals surface area contributed by atoms with Crippen molar-refractivity contribution in [3.63, 3.8) is 0 Å². The number of nitrogens with one attached hydrogen (secondary N) is 1. The van der Waals surface area contributed by atoms with Gasteiger partial charge in [-0.15, -0.1) is 10.2 Å². The van der Waals surface area contributed by atoms with Crippen LogP contribution in [-0.2, 0) is 10.0 Å². The molecule has 0 amide bonds. The van der Waals surface area contributed by atoms with E-state index >= 15 is 0 Å². The van der Waals surface area contributed by atoms with Crippen LogP contribution in [-0.4, -0.2) is 87.3 Å². The van der Waals surface area contributed by atoms with E-state index in [1.165, 1.54) is 52.3 Å². The predicted molar refractivity (Wildman–Crippen MR) is 153 cm³/mol. The van der Waals surface area contributed by atoms with Gasteiger partial charge in [-0.3, -0.25) is 9.29 Å². The summed E-state index contributed by atoms with van der Waals surface area (Å²) in [5, 5.41) is 16.1. The molecule has 0 saturated heterocycles. The molecule has 0 spiro atoms. The molecule has 0 saturated carbocycles. The fourth-order valence-electron chi connectivity index (χ4n) is 4.17. The fourth-order valence-corrected chi connectivity index (χ4v) is 5.40. The summed E-state index contributed by atoms with van der Waals surface area (Å²) in [4.78, 5) is 11.5. The van der Waals surface area contributed by atoms with Crippen LogP contribution in [0, 0.1) is 5.95 Å². The second-order valence-electron chi connectivity index (χ2n) is 10.1. The van der Waals surface area contributed by atoms with Gasteiger partial charge in [-0.2, -0.15) is 30.7 Å². The first kappa shape index (κ1) is 36.1. The Bertz CT molecular complexity index is 1840. The van der Waals surface area contributed by atoms with Crippen molar-refractivity contribution in [1.29, 1.82) is 0 Å². The quantitative estimate of drug-likeness (QED) is 0.158. The number of para-hydroxylation sites is 1. The molecule has 21 heteroatoms. The summed E-state index contributed by atoms with van der Waals surface area (Å²) in [7, 11) is -1.85. The highest BCUT2D eigenvalue weighted by Gasteiger charge is 2.71. The van der Waals surface area contributed by atoms with E-state index in [0.29, 0.717) is 0 Å². The molecule has 0 unspecified atom stereocenters. The molecule has 0 radical (unpaired) electrons. The van der Waals surface area contributed by atoms with Crippen molar-refractivity contribution in [3.05, 3.63) is 60.4 Å². The number of aromatic nitrogens is 6. The zero-order valence-corrected chi connectivity index (χ0v) is 26.0. The summed E-state index contributed by atoms with van der Waals surface area (Å²) in [5.74, 6) is -3.35. The number of ether oxygens (including phenoxy) is 3. The van der Waals surface area contributed by atoms with Crippen molar-refractivity contribution in [2.45, 2.75) is 43.0 Å². The van der Waals surface area contributed by atoms with E-state index in [1.54, 1.807) is 0 Å². The lowest BCUT2D eigenvalue weighted by Gasteiger charge is -2.31. The van der Waals surface area contributed by atoms with Crippen molar-refractivity contribution in [3.8, 4) is 34.6 Å². The van der Waals surface area contributed by atoms with E-state index in [0.717, 1.165) is 29.0 Å². The lowest BCUT2D eigenvalue weighted by Crippen LogP contribution is -2.60. The number of benzene rings is 1. The van der Waals surface area contributed by atoms with Crippen LogP contribution in [0.5, 0.6) is 17.4 Å². The van der Waals surface area contributed by atoms with Crippen LogP contribution in [0.2, 0.25) is 0 Å². The van der Waals surface area contributed by atoms with Gasteiger partial charge in [0.15, 0.2) is 5.82 Å². The number of sulfonamides is 1. The third-order valence-corrected chi connectivity index (χ3v) is 8.94. The normalized spacial score (nSPS) is 13.9. The number of alkyl halides is 6. The maximum Gasteiger partial charge on any atom is 0.429 e. The number of methoxy groups -OCH3 is 2. The second-order valence-corrected chi connectivity index (χ2v) is 12.1. The average molecular weight is 710 g/mol. The Balaban J connectivity index is 1.81. The molecule has 0 fully saturated rings. The summed E-state index contributed by atoms with van der Waals surface area (Å²) in [6.07, 6.45) is -11.2. The van der Waals surface area contributed by atoms with Gasteiger partial charge < -0.3 is 19.3 Å². The molecular formula is C27H26F7N7O6S. The number of halogens is 7. The van der Waals surface area contributed by atoms with E-state index in [9.17, 15) is 44.3 Å². The Hall–Kier alpha value is -4.79. The number of hydrogen-bond acceptors (Lipinski definition) is 11. The van der Waals surface area contributed by atoms with Crippen LogP contribution in [0.4, 0.5) is 36.7 Å². The molecular weight excluding hydrogens is 683 g/mol. The number of aliphatic hydroxyl groups is 1. The number of hydrogen-bond donors (Lipinski definition) is 2. The molecule has 0 aliphatic carbocycles. The summed E-state index contributed by atoms with van der Waals surface area (Å²) >= 11 is 0. The van der Waals surface area contributed by atoms with Gasteiger partial charge in [-0.1, -0.05) is 19.1 Å². The molecule has 1 aromatic carbocycles. The Morgan fingerprint density at radius 1 is 0.917 bits per heavy atom. The molecule has 0 aliphatic rings. The first-order valence-electron chi connectivity index (χ1n) is 13.5. The highest BCUT2D eigenvalue weighted by atomic mass is 32.2. The van der Waals surface area contributed by atoms with Crippen LogP contribution >= 0.6 is 0 Å². The molecule has 0 bridgehead atoms. The molecule has 2 atom stereocenters. The Labute approximate surface area is 267 Å². The third-order valence-electron chi connectivity index (χ3n) is 7.08. The molecule has 13 nitrogen and oxygen atoms in total. The average Bonchev–Trinajstić information content (AvgIpc) is 3.43.